The van der Waals surface area contributed by atoms with Gasteiger partial charge in [-0.15, -0.1) is 0 Å². The van der Waals surface area contributed by atoms with Crippen LogP contribution in [-0.2, 0) is 44.8 Å². The summed E-state index contributed by atoms with van der Waals surface area (Å²) in [5.41, 5.74) is 16.1. The molecule has 0 unspecified atom stereocenters. The van der Waals surface area contributed by atoms with Gasteiger partial charge in [0.2, 0.25) is 0 Å². The van der Waals surface area contributed by atoms with E-state index < -0.39 is 5.60 Å². The third kappa shape index (κ3) is 5.62. The third-order valence-electron chi connectivity index (χ3n) is 6.40. The van der Waals surface area contributed by atoms with Crippen LogP contribution in [0.1, 0.15) is 54.2 Å². The van der Waals surface area contributed by atoms with Gasteiger partial charge in [-0.3, -0.25) is 0 Å². The van der Waals surface area contributed by atoms with Crippen LogP contribution in [0.25, 0.3) is 0 Å². The summed E-state index contributed by atoms with van der Waals surface area (Å²) in [4.78, 5) is 13.8. The second kappa shape index (κ2) is 10.9. The highest BCUT2D eigenvalue weighted by Gasteiger charge is 2.29. The Bertz CT molecular complexity index is 1450. The van der Waals surface area contributed by atoms with Gasteiger partial charge in [-0.05, 0) is 51.3 Å². The summed E-state index contributed by atoms with van der Waals surface area (Å²) in [6, 6.07) is 4.32. The molecule has 0 spiro atoms. The molecule has 0 bridgehead atoms. The molecular weight excluding hydrogens is 508 g/mol. The lowest BCUT2D eigenvalue weighted by Crippen LogP contribution is -2.40. The number of amides is 1. The monoisotopic (exact) mass is 540 g/mol. The molecule has 10 nitrogen and oxygen atoms in total. The Hall–Kier alpha value is -3.45. The Morgan fingerprint density at radius 2 is 1.46 bits per heavy atom. The maximum absolute atomic E-state index is 12.2. The number of carbonyl (C=O) groups is 1. The lowest BCUT2D eigenvalue weighted by molar-refractivity contribution is 0.0223. The standard InChI is InChI=1S/C15H20N4O2S.C10H12N4S/c1-15(2,3)21-14(20)19-6-5-9-10(7-16)12(17)18(4)13(22)11(9)8-19;1-14-9(12)7(4-11)6-2-3-13-5-8(6)10(14)15/h5-6,8,17H2,1-4H3;13H,2-3,5,12H2,1H3. The Morgan fingerprint density at radius 1 is 0.946 bits per heavy atom. The summed E-state index contributed by atoms with van der Waals surface area (Å²) < 4.78 is 10.0. The molecule has 2 aromatic heterocycles. The van der Waals surface area contributed by atoms with Crippen LogP contribution in [0.2, 0.25) is 0 Å². The molecule has 0 fully saturated rings. The predicted octanol–water partition coefficient (Wildman–Crippen LogP) is 3.36. The van der Waals surface area contributed by atoms with E-state index in [-0.39, 0.29) is 6.09 Å². The Labute approximate surface area is 227 Å². The largest absolute Gasteiger partial charge is 0.444 e. The fraction of sp³-hybridized carbons (Fsp3) is 0.480. The maximum atomic E-state index is 12.2. The van der Waals surface area contributed by atoms with Gasteiger partial charge < -0.3 is 35.6 Å². The predicted molar refractivity (Wildman–Crippen MR) is 147 cm³/mol. The Balaban J connectivity index is 0.000000220. The molecule has 0 aromatic carbocycles. The first kappa shape index (κ1) is 28.1. The number of pyridine rings is 2. The van der Waals surface area contributed by atoms with Gasteiger partial charge in [0.25, 0.3) is 0 Å². The minimum Gasteiger partial charge on any atom is -0.444 e. The quantitative estimate of drug-likeness (QED) is 0.427. The van der Waals surface area contributed by atoms with Gasteiger partial charge in [0.15, 0.2) is 0 Å². The van der Waals surface area contributed by atoms with Crippen LogP contribution in [-0.4, -0.2) is 38.8 Å². The highest BCUT2D eigenvalue weighted by atomic mass is 32.1. The van der Waals surface area contributed by atoms with Gasteiger partial charge in [-0.25, -0.2) is 4.79 Å². The van der Waals surface area contributed by atoms with Crippen molar-refractivity contribution in [2.24, 2.45) is 14.1 Å². The molecular formula is C25H32N8O2S2. The van der Waals surface area contributed by atoms with Crippen LogP contribution in [0.4, 0.5) is 16.4 Å². The summed E-state index contributed by atoms with van der Waals surface area (Å²) in [6.07, 6.45) is 1.00. The number of carbonyl (C=O) groups excluding carboxylic acids is 1. The number of nitrogens with one attached hydrogen (secondary N) is 1. The first-order chi connectivity index (χ1) is 17.3. The zero-order valence-electron chi connectivity index (χ0n) is 21.8. The van der Waals surface area contributed by atoms with Crippen molar-refractivity contribution in [1.29, 1.82) is 10.5 Å². The van der Waals surface area contributed by atoms with Crippen molar-refractivity contribution in [2.75, 3.05) is 24.6 Å². The number of aromatic nitrogens is 2. The molecule has 2 aliphatic rings. The number of nitriles is 2. The maximum Gasteiger partial charge on any atom is 0.410 e. The Kier molecular flexibility index (Phi) is 8.28. The second-order valence-electron chi connectivity index (χ2n) is 9.97. The van der Waals surface area contributed by atoms with Gasteiger partial charge in [0, 0.05) is 38.3 Å². The van der Waals surface area contributed by atoms with E-state index in [0.29, 0.717) is 46.9 Å². The Morgan fingerprint density at radius 3 is 1.97 bits per heavy atom. The van der Waals surface area contributed by atoms with Crippen molar-refractivity contribution in [1.82, 2.24) is 19.4 Å². The highest BCUT2D eigenvalue weighted by Crippen LogP contribution is 2.28. The van der Waals surface area contributed by atoms with Gasteiger partial charge in [0.1, 0.15) is 38.7 Å². The van der Waals surface area contributed by atoms with E-state index in [1.807, 2.05) is 20.8 Å². The van der Waals surface area contributed by atoms with Crippen molar-refractivity contribution >= 4 is 42.2 Å². The van der Waals surface area contributed by atoms with Crippen molar-refractivity contribution in [3.63, 3.8) is 0 Å². The zero-order valence-corrected chi connectivity index (χ0v) is 23.4. The molecule has 12 heteroatoms. The molecule has 2 aliphatic heterocycles. The molecule has 5 N–H and O–H groups in total. The topological polar surface area (TPSA) is 151 Å². The highest BCUT2D eigenvalue weighted by molar-refractivity contribution is 7.71. The van der Waals surface area contributed by atoms with Gasteiger partial charge in [-0.1, -0.05) is 24.4 Å². The van der Waals surface area contributed by atoms with Gasteiger partial charge in [-0.2, -0.15) is 10.5 Å². The smallest absolute Gasteiger partial charge is 0.410 e. The van der Waals surface area contributed by atoms with Crippen LogP contribution in [0.5, 0.6) is 0 Å². The molecule has 4 rings (SSSR count). The van der Waals surface area contributed by atoms with E-state index in [9.17, 15) is 10.1 Å². The molecule has 1 amide bonds. The number of hydrogen-bond acceptors (Lipinski definition) is 9. The van der Waals surface area contributed by atoms with Crippen LogP contribution in [0, 0.1) is 31.9 Å². The zero-order chi connectivity index (χ0) is 27.7. The SMILES string of the molecule is Cn1c(N)c(C#N)c2c(c1=S)CN(C(=O)OC(C)(C)C)CC2.Cn1c(N)c(C#N)c2c(c1=S)CNCC2. The van der Waals surface area contributed by atoms with E-state index in [1.165, 1.54) is 0 Å². The fourth-order valence-electron chi connectivity index (χ4n) is 4.40. The van der Waals surface area contributed by atoms with Crippen LogP contribution in [0.3, 0.4) is 0 Å². The summed E-state index contributed by atoms with van der Waals surface area (Å²) in [5, 5.41) is 21.7. The first-order valence-corrected chi connectivity index (χ1v) is 12.6. The number of hydrogen-bond donors (Lipinski definition) is 3. The van der Waals surface area contributed by atoms with Gasteiger partial charge in [0.05, 0.1) is 17.7 Å². The number of rotatable bonds is 0. The molecule has 0 radical (unpaired) electrons. The first-order valence-electron chi connectivity index (χ1n) is 11.8. The molecule has 0 saturated carbocycles. The molecule has 0 atom stereocenters. The number of fused-ring (bicyclic) bond motifs is 2. The van der Waals surface area contributed by atoms with E-state index >= 15 is 0 Å². The molecule has 0 aliphatic carbocycles. The average Bonchev–Trinajstić information content (AvgIpc) is 2.86. The minimum absolute atomic E-state index is 0.339. The fourth-order valence-corrected chi connectivity index (χ4v) is 4.98. The van der Waals surface area contributed by atoms with Crippen LogP contribution in [0.15, 0.2) is 0 Å². The van der Waals surface area contributed by atoms with Crippen LogP contribution < -0.4 is 16.8 Å². The van der Waals surface area contributed by atoms with Crippen molar-refractivity contribution < 1.29 is 9.53 Å². The molecule has 0 saturated heterocycles. The summed E-state index contributed by atoms with van der Waals surface area (Å²) in [7, 11) is 3.53. The number of ether oxygens (including phenoxy) is 1. The molecule has 4 heterocycles. The van der Waals surface area contributed by atoms with Crippen molar-refractivity contribution in [3.05, 3.63) is 42.7 Å². The van der Waals surface area contributed by atoms with Crippen LogP contribution >= 0.6 is 24.4 Å². The average molecular weight is 541 g/mol. The third-order valence-corrected chi connectivity index (χ3v) is 7.44. The number of anilines is 2. The van der Waals surface area contributed by atoms with E-state index in [0.717, 1.165) is 46.4 Å². The van der Waals surface area contributed by atoms with Gasteiger partial charge >= 0.3 is 6.09 Å². The lowest BCUT2D eigenvalue weighted by atomic mass is 9.97. The minimum atomic E-state index is -0.544. The van der Waals surface area contributed by atoms with E-state index in [2.05, 4.69) is 17.5 Å². The number of nitrogens with two attached hydrogens (primary N) is 2. The number of nitrogens with zero attached hydrogens (tertiary/aromatic N) is 5. The summed E-state index contributed by atoms with van der Waals surface area (Å²) >= 11 is 10.7. The summed E-state index contributed by atoms with van der Waals surface area (Å²) in [5.74, 6) is 0.847. The van der Waals surface area contributed by atoms with Crippen molar-refractivity contribution in [2.45, 2.75) is 52.3 Å². The molecule has 2 aromatic rings. The normalized spacial score (nSPS) is 14.3. The van der Waals surface area contributed by atoms with E-state index in [1.54, 1.807) is 28.1 Å². The van der Waals surface area contributed by atoms with E-state index in [4.69, 9.17) is 45.9 Å². The molecule has 37 heavy (non-hydrogen) atoms. The molecule has 196 valence electrons. The summed E-state index contributed by atoms with van der Waals surface area (Å²) in [6.45, 7) is 7.92. The second-order valence-corrected chi connectivity index (χ2v) is 10.7. The number of nitrogen functional groups attached to an aromatic ring is 2. The van der Waals surface area contributed by atoms with Crippen molar-refractivity contribution in [3.8, 4) is 12.1 Å². The lowest BCUT2D eigenvalue weighted by Gasteiger charge is -2.32.